The minimum Gasteiger partial charge on any atom is -0.494 e. The van der Waals surface area contributed by atoms with Gasteiger partial charge in [-0.1, -0.05) is 26.7 Å². The third kappa shape index (κ3) is 4.46. The number of nitrogens with two attached hydrogens (primary N) is 1. The van der Waals surface area contributed by atoms with Crippen LogP contribution in [0.1, 0.15) is 39.5 Å². The Hall–Kier alpha value is -1.11. The highest BCUT2D eigenvalue weighted by atomic mass is 32.2. The molecule has 1 heterocycles. The van der Waals surface area contributed by atoms with Crippen molar-refractivity contribution >= 4 is 10.0 Å². The second-order valence-electron chi connectivity index (χ2n) is 6.63. The highest BCUT2D eigenvalue weighted by Crippen LogP contribution is 2.32. The van der Waals surface area contributed by atoms with Gasteiger partial charge < -0.3 is 10.5 Å². The van der Waals surface area contributed by atoms with E-state index in [9.17, 15) is 8.42 Å². The van der Waals surface area contributed by atoms with Gasteiger partial charge in [-0.2, -0.15) is 4.31 Å². The minimum absolute atomic E-state index is 0.116. The van der Waals surface area contributed by atoms with Gasteiger partial charge >= 0.3 is 0 Å². The maximum Gasteiger partial charge on any atom is 0.243 e. The van der Waals surface area contributed by atoms with Crippen molar-refractivity contribution in [2.45, 2.75) is 44.4 Å². The molecule has 2 rings (SSSR count). The van der Waals surface area contributed by atoms with Crippen molar-refractivity contribution in [1.82, 2.24) is 4.31 Å². The second-order valence-corrected chi connectivity index (χ2v) is 8.57. The number of ether oxygens (including phenoxy) is 1. The Morgan fingerprint density at radius 1 is 1.26 bits per heavy atom. The van der Waals surface area contributed by atoms with Crippen molar-refractivity contribution < 1.29 is 13.2 Å². The topological polar surface area (TPSA) is 72.6 Å². The fourth-order valence-corrected chi connectivity index (χ4v) is 4.34. The first-order valence-electron chi connectivity index (χ1n) is 8.34. The highest BCUT2D eigenvalue weighted by molar-refractivity contribution is 7.89. The Kier molecular flexibility index (Phi) is 6.06. The van der Waals surface area contributed by atoms with Crippen LogP contribution >= 0.6 is 0 Å². The van der Waals surface area contributed by atoms with Gasteiger partial charge in [0.1, 0.15) is 5.75 Å². The van der Waals surface area contributed by atoms with E-state index in [1.165, 1.54) is 4.31 Å². The normalized spacial score (nSPS) is 22.4. The van der Waals surface area contributed by atoms with Crippen molar-refractivity contribution in [2.75, 3.05) is 26.2 Å². The molecule has 2 N–H and O–H groups in total. The van der Waals surface area contributed by atoms with Crippen LogP contribution in [-0.4, -0.2) is 39.0 Å². The molecule has 1 fully saturated rings. The van der Waals surface area contributed by atoms with Crippen LogP contribution in [0.15, 0.2) is 29.2 Å². The van der Waals surface area contributed by atoms with E-state index in [-0.39, 0.29) is 5.41 Å². The first-order valence-corrected chi connectivity index (χ1v) is 9.78. The Labute approximate surface area is 139 Å². The summed E-state index contributed by atoms with van der Waals surface area (Å²) in [5.41, 5.74) is 5.65. The molecule has 1 atom stereocenters. The molecule has 0 aliphatic carbocycles. The van der Waals surface area contributed by atoms with Crippen LogP contribution in [0.3, 0.4) is 0 Å². The fraction of sp³-hybridized carbons (Fsp3) is 0.647. The van der Waals surface area contributed by atoms with E-state index in [1.54, 1.807) is 24.3 Å². The average molecular weight is 340 g/mol. The minimum atomic E-state index is -3.44. The summed E-state index contributed by atoms with van der Waals surface area (Å²) in [6, 6.07) is 6.72. The lowest BCUT2D eigenvalue weighted by molar-refractivity contribution is 0.306. The molecule has 0 bridgehead atoms. The van der Waals surface area contributed by atoms with Crippen LogP contribution in [-0.2, 0) is 10.0 Å². The predicted octanol–water partition coefficient (Wildman–Crippen LogP) is 2.62. The number of rotatable bonds is 8. The summed E-state index contributed by atoms with van der Waals surface area (Å²) in [6.07, 6.45) is 4.11. The molecule has 1 aromatic carbocycles. The predicted molar refractivity (Wildman–Crippen MR) is 92.0 cm³/mol. The van der Waals surface area contributed by atoms with E-state index in [1.807, 2.05) is 6.92 Å². The molecule has 0 saturated carbocycles. The van der Waals surface area contributed by atoms with Crippen molar-refractivity contribution in [1.29, 1.82) is 0 Å². The lowest BCUT2D eigenvalue weighted by Crippen LogP contribution is -2.34. The molecule has 1 aliphatic heterocycles. The maximum atomic E-state index is 12.7. The summed E-state index contributed by atoms with van der Waals surface area (Å²) in [5.74, 6) is 0.716. The monoisotopic (exact) mass is 340 g/mol. The molecule has 130 valence electrons. The van der Waals surface area contributed by atoms with Gasteiger partial charge in [0.15, 0.2) is 0 Å². The van der Waals surface area contributed by atoms with E-state index in [0.717, 1.165) is 25.7 Å². The molecule has 1 saturated heterocycles. The molecule has 23 heavy (non-hydrogen) atoms. The van der Waals surface area contributed by atoms with Crippen molar-refractivity contribution in [3.05, 3.63) is 24.3 Å². The van der Waals surface area contributed by atoms with Gasteiger partial charge in [0.25, 0.3) is 0 Å². The Bertz CT molecular complexity index is 601. The SMILES string of the molecule is CCCCCOc1ccc(S(=O)(=O)N2CCC(C)(CN)C2)cc1. The number of sulfonamides is 1. The summed E-state index contributed by atoms with van der Waals surface area (Å²) in [4.78, 5) is 0.319. The molecule has 0 aromatic heterocycles. The smallest absolute Gasteiger partial charge is 0.243 e. The van der Waals surface area contributed by atoms with Gasteiger partial charge in [-0.3, -0.25) is 0 Å². The van der Waals surface area contributed by atoms with E-state index >= 15 is 0 Å². The summed E-state index contributed by atoms with van der Waals surface area (Å²) < 4.78 is 32.6. The molecule has 0 spiro atoms. The molecule has 1 unspecified atom stereocenters. The van der Waals surface area contributed by atoms with Gasteiger partial charge in [0, 0.05) is 13.1 Å². The van der Waals surface area contributed by atoms with E-state index in [2.05, 4.69) is 6.92 Å². The van der Waals surface area contributed by atoms with Crippen LogP contribution in [0.2, 0.25) is 0 Å². The fourth-order valence-electron chi connectivity index (χ4n) is 2.75. The lowest BCUT2D eigenvalue weighted by Gasteiger charge is -2.22. The summed E-state index contributed by atoms with van der Waals surface area (Å²) in [7, 11) is -3.44. The van der Waals surface area contributed by atoms with Crippen molar-refractivity contribution in [3.63, 3.8) is 0 Å². The number of benzene rings is 1. The maximum absolute atomic E-state index is 12.7. The number of unbranched alkanes of at least 4 members (excludes halogenated alkanes) is 2. The summed E-state index contributed by atoms with van der Waals surface area (Å²) in [6.45, 7) is 6.38. The second kappa shape index (κ2) is 7.64. The third-order valence-electron chi connectivity index (χ3n) is 4.49. The average Bonchev–Trinajstić information content (AvgIpc) is 2.96. The number of hydrogen-bond acceptors (Lipinski definition) is 4. The van der Waals surface area contributed by atoms with Gasteiger partial charge in [0.05, 0.1) is 11.5 Å². The summed E-state index contributed by atoms with van der Waals surface area (Å²) in [5, 5.41) is 0. The molecule has 0 amide bonds. The number of hydrogen-bond donors (Lipinski definition) is 1. The zero-order valence-corrected chi connectivity index (χ0v) is 14.9. The van der Waals surface area contributed by atoms with Gasteiger partial charge in [-0.25, -0.2) is 8.42 Å². The Morgan fingerprint density at radius 3 is 2.52 bits per heavy atom. The van der Waals surface area contributed by atoms with Crippen molar-refractivity contribution in [3.8, 4) is 5.75 Å². The van der Waals surface area contributed by atoms with Gasteiger partial charge in [0.2, 0.25) is 10.0 Å². The van der Waals surface area contributed by atoms with Crippen LogP contribution in [0, 0.1) is 5.41 Å². The van der Waals surface area contributed by atoms with Crippen molar-refractivity contribution in [2.24, 2.45) is 11.1 Å². The van der Waals surface area contributed by atoms with Crippen LogP contribution in [0.25, 0.3) is 0 Å². The van der Waals surface area contributed by atoms with E-state index < -0.39 is 10.0 Å². The van der Waals surface area contributed by atoms with Gasteiger partial charge in [-0.05, 0) is 49.1 Å². The highest BCUT2D eigenvalue weighted by Gasteiger charge is 2.38. The standard InChI is InChI=1S/C17H28N2O3S/c1-3-4-5-12-22-15-6-8-16(9-7-15)23(20,21)19-11-10-17(2,13-18)14-19/h6-9H,3-5,10-14,18H2,1-2H3. The summed E-state index contributed by atoms with van der Waals surface area (Å²) >= 11 is 0. The molecule has 1 aliphatic rings. The van der Waals surface area contributed by atoms with Crippen LogP contribution in [0.4, 0.5) is 0 Å². The third-order valence-corrected chi connectivity index (χ3v) is 6.35. The van der Waals surface area contributed by atoms with Gasteiger partial charge in [-0.15, -0.1) is 0 Å². The molecular weight excluding hydrogens is 312 g/mol. The first kappa shape index (κ1) is 18.2. The van der Waals surface area contributed by atoms with E-state index in [4.69, 9.17) is 10.5 Å². The zero-order chi connectivity index (χ0) is 16.9. The Morgan fingerprint density at radius 2 is 1.96 bits per heavy atom. The molecule has 0 radical (unpaired) electrons. The molecule has 6 heteroatoms. The van der Waals surface area contributed by atoms with Crippen LogP contribution < -0.4 is 10.5 Å². The van der Waals surface area contributed by atoms with Crippen LogP contribution in [0.5, 0.6) is 5.75 Å². The molecule has 1 aromatic rings. The molecule has 5 nitrogen and oxygen atoms in total. The lowest BCUT2D eigenvalue weighted by atomic mass is 9.90. The largest absolute Gasteiger partial charge is 0.494 e. The van der Waals surface area contributed by atoms with E-state index in [0.29, 0.717) is 36.9 Å². The molecular formula is C17H28N2O3S. The zero-order valence-electron chi connectivity index (χ0n) is 14.1. The first-order chi connectivity index (χ1) is 10.9. The Balaban J connectivity index is 2.01. The number of nitrogens with zero attached hydrogens (tertiary/aromatic N) is 1. The quantitative estimate of drug-likeness (QED) is 0.738.